The number of nitrogens with zero attached hydrogens (tertiary/aromatic N) is 1. The Morgan fingerprint density at radius 3 is 2.00 bits per heavy atom. The molecule has 2 aliphatic rings. The SMILES string of the molecule is CC(C)(C)CN1CCC(C(=O)OC2CCC(NC(C)(C)C)CC2)CC1. The number of rotatable bonds is 4. The smallest absolute Gasteiger partial charge is 0.309 e. The second kappa shape index (κ2) is 8.39. The molecule has 2 fully saturated rings. The Bertz CT molecular complexity index is 420. The summed E-state index contributed by atoms with van der Waals surface area (Å²) in [6.45, 7) is 16.6. The molecule has 0 radical (unpaired) electrons. The van der Waals surface area contributed by atoms with Gasteiger partial charge in [0.2, 0.25) is 0 Å². The van der Waals surface area contributed by atoms with Crippen LogP contribution in [-0.2, 0) is 9.53 Å². The van der Waals surface area contributed by atoms with Crippen LogP contribution in [0.3, 0.4) is 0 Å². The summed E-state index contributed by atoms with van der Waals surface area (Å²) in [4.78, 5) is 15.0. The maximum Gasteiger partial charge on any atom is 0.309 e. The van der Waals surface area contributed by atoms with E-state index >= 15 is 0 Å². The third-order valence-corrected chi connectivity index (χ3v) is 5.21. The second-order valence-corrected chi connectivity index (χ2v) is 10.4. The first-order valence-corrected chi connectivity index (χ1v) is 10.2. The van der Waals surface area contributed by atoms with E-state index in [2.05, 4.69) is 51.8 Å². The Morgan fingerprint density at radius 1 is 0.960 bits per heavy atom. The minimum absolute atomic E-state index is 0.0580. The van der Waals surface area contributed by atoms with Gasteiger partial charge in [0, 0.05) is 18.1 Å². The standard InChI is InChI=1S/C21H40N2O2/c1-20(2,3)15-23-13-11-16(12-14-23)19(24)25-18-9-7-17(8-10-18)22-21(4,5)6/h16-18,22H,7-15H2,1-6H3. The van der Waals surface area contributed by atoms with Crippen molar-refractivity contribution in [1.29, 1.82) is 0 Å². The quantitative estimate of drug-likeness (QED) is 0.777. The molecule has 1 saturated heterocycles. The Kier molecular flexibility index (Phi) is 6.94. The molecule has 1 N–H and O–H groups in total. The highest BCUT2D eigenvalue weighted by Gasteiger charge is 2.31. The van der Waals surface area contributed by atoms with Crippen LogP contribution in [0.5, 0.6) is 0 Å². The largest absolute Gasteiger partial charge is 0.462 e. The number of piperidine rings is 1. The molecule has 0 amide bonds. The fourth-order valence-corrected chi connectivity index (χ4v) is 4.20. The number of carbonyl (C=O) groups excluding carboxylic acids is 1. The Morgan fingerprint density at radius 2 is 1.52 bits per heavy atom. The Hall–Kier alpha value is -0.610. The summed E-state index contributed by atoms with van der Waals surface area (Å²) < 4.78 is 5.86. The summed E-state index contributed by atoms with van der Waals surface area (Å²) in [5, 5.41) is 3.67. The van der Waals surface area contributed by atoms with Crippen molar-refractivity contribution in [1.82, 2.24) is 10.2 Å². The minimum Gasteiger partial charge on any atom is -0.462 e. The number of nitrogens with one attached hydrogen (secondary N) is 1. The number of ether oxygens (including phenoxy) is 1. The van der Waals surface area contributed by atoms with Crippen molar-refractivity contribution in [3.8, 4) is 0 Å². The lowest BCUT2D eigenvalue weighted by Crippen LogP contribution is -2.46. The first kappa shape index (κ1) is 20.7. The molecule has 0 unspecified atom stereocenters. The molecular weight excluding hydrogens is 312 g/mol. The fourth-order valence-electron chi connectivity index (χ4n) is 4.20. The molecule has 1 saturated carbocycles. The van der Waals surface area contributed by atoms with Gasteiger partial charge in [-0.25, -0.2) is 0 Å². The number of esters is 1. The molecule has 4 heteroatoms. The maximum atomic E-state index is 12.5. The van der Waals surface area contributed by atoms with E-state index in [1.54, 1.807) is 0 Å². The van der Waals surface area contributed by atoms with E-state index < -0.39 is 0 Å². The lowest BCUT2D eigenvalue weighted by molar-refractivity contribution is -0.157. The van der Waals surface area contributed by atoms with Gasteiger partial charge in [-0.05, 0) is 77.8 Å². The normalized spacial score (nSPS) is 27.3. The average molecular weight is 353 g/mol. The third-order valence-electron chi connectivity index (χ3n) is 5.21. The highest BCUT2D eigenvalue weighted by atomic mass is 16.5. The zero-order chi connectivity index (χ0) is 18.7. The molecule has 0 spiro atoms. The van der Waals surface area contributed by atoms with Crippen molar-refractivity contribution >= 4 is 5.97 Å². The maximum absolute atomic E-state index is 12.5. The van der Waals surface area contributed by atoms with E-state index in [-0.39, 0.29) is 23.5 Å². The minimum atomic E-state index is 0.0580. The molecule has 1 aliphatic carbocycles. The zero-order valence-corrected chi connectivity index (χ0v) is 17.4. The molecule has 146 valence electrons. The van der Waals surface area contributed by atoms with Gasteiger partial charge in [-0.15, -0.1) is 0 Å². The lowest BCUT2D eigenvalue weighted by Gasteiger charge is -2.36. The van der Waals surface area contributed by atoms with Crippen LogP contribution < -0.4 is 5.32 Å². The van der Waals surface area contributed by atoms with Crippen LogP contribution in [0, 0.1) is 11.3 Å². The molecule has 25 heavy (non-hydrogen) atoms. The van der Waals surface area contributed by atoms with Crippen molar-refractivity contribution in [2.24, 2.45) is 11.3 Å². The molecule has 0 aromatic heterocycles. The highest BCUT2D eigenvalue weighted by Crippen LogP contribution is 2.27. The van der Waals surface area contributed by atoms with Crippen molar-refractivity contribution < 1.29 is 9.53 Å². The van der Waals surface area contributed by atoms with Gasteiger partial charge in [-0.3, -0.25) is 4.79 Å². The van der Waals surface area contributed by atoms with E-state index in [4.69, 9.17) is 4.74 Å². The van der Waals surface area contributed by atoms with Crippen molar-refractivity contribution in [2.45, 2.75) is 97.8 Å². The van der Waals surface area contributed by atoms with Crippen LogP contribution in [0.15, 0.2) is 0 Å². The van der Waals surface area contributed by atoms with E-state index in [0.29, 0.717) is 11.5 Å². The van der Waals surface area contributed by atoms with E-state index in [9.17, 15) is 4.79 Å². The number of likely N-dealkylation sites (tertiary alicyclic amines) is 1. The van der Waals surface area contributed by atoms with Crippen molar-refractivity contribution in [2.75, 3.05) is 19.6 Å². The van der Waals surface area contributed by atoms with Gasteiger partial charge in [-0.2, -0.15) is 0 Å². The highest BCUT2D eigenvalue weighted by molar-refractivity contribution is 5.72. The van der Waals surface area contributed by atoms with Crippen LogP contribution in [0.4, 0.5) is 0 Å². The van der Waals surface area contributed by atoms with Crippen LogP contribution in [0.2, 0.25) is 0 Å². The molecule has 1 heterocycles. The molecule has 0 atom stereocenters. The second-order valence-electron chi connectivity index (χ2n) is 10.4. The van der Waals surface area contributed by atoms with Gasteiger partial charge in [0.05, 0.1) is 5.92 Å². The summed E-state index contributed by atoms with van der Waals surface area (Å²) in [5.41, 5.74) is 0.488. The first-order chi connectivity index (χ1) is 11.5. The topological polar surface area (TPSA) is 41.6 Å². The van der Waals surface area contributed by atoms with Gasteiger partial charge in [0.25, 0.3) is 0 Å². The van der Waals surface area contributed by atoms with Crippen molar-refractivity contribution in [3.63, 3.8) is 0 Å². The Balaban J connectivity index is 1.68. The van der Waals surface area contributed by atoms with Gasteiger partial charge in [0.1, 0.15) is 6.10 Å². The van der Waals surface area contributed by atoms with Crippen LogP contribution in [0.25, 0.3) is 0 Å². The summed E-state index contributed by atoms with van der Waals surface area (Å²) in [6.07, 6.45) is 6.27. The molecular formula is C21H40N2O2. The molecule has 2 rings (SSSR count). The monoisotopic (exact) mass is 352 g/mol. The summed E-state index contributed by atoms with van der Waals surface area (Å²) in [6, 6.07) is 0.565. The van der Waals surface area contributed by atoms with Crippen LogP contribution in [0.1, 0.15) is 80.1 Å². The molecule has 0 aromatic rings. The number of hydrogen-bond donors (Lipinski definition) is 1. The van der Waals surface area contributed by atoms with Gasteiger partial charge in [-0.1, -0.05) is 20.8 Å². The summed E-state index contributed by atoms with van der Waals surface area (Å²) in [7, 11) is 0. The predicted molar refractivity (Wildman–Crippen MR) is 104 cm³/mol. The van der Waals surface area contributed by atoms with E-state index in [1.165, 1.54) is 0 Å². The first-order valence-electron chi connectivity index (χ1n) is 10.2. The van der Waals surface area contributed by atoms with Crippen molar-refractivity contribution in [3.05, 3.63) is 0 Å². The predicted octanol–water partition coefficient (Wildman–Crippen LogP) is 3.99. The molecule has 0 bridgehead atoms. The summed E-state index contributed by atoms with van der Waals surface area (Å²) in [5.74, 6) is 0.171. The molecule has 1 aliphatic heterocycles. The number of hydrogen-bond acceptors (Lipinski definition) is 4. The zero-order valence-electron chi connectivity index (χ0n) is 17.4. The fraction of sp³-hybridized carbons (Fsp3) is 0.952. The molecule has 0 aromatic carbocycles. The Labute approximate surface area is 155 Å². The average Bonchev–Trinajstić information content (AvgIpc) is 2.47. The summed E-state index contributed by atoms with van der Waals surface area (Å²) >= 11 is 0. The third kappa shape index (κ3) is 7.65. The van der Waals surface area contributed by atoms with E-state index in [1.807, 2.05) is 0 Å². The van der Waals surface area contributed by atoms with Crippen LogP contribution >= 0.6 is 0 Å². The lowest BCUT2D eigenvalue weighted by atomic mass is 9.90. The van der Waals surface area contributed by atoms with Gasteiger partial charge >= 0.3 is 5.97 Å². The molecule has 4 nitrogen and oxygen atoms in total. The van der Waals surface area contributed by atoms with E-state index in [0.717, 1.165) is 58.2 Å². The van der Waals surface area contributed by atoms with Gasteiger partial charge in [0.15, 0.2) is 0 Å². The van der Waals surface area contributed by atoms with Crippen LogP contribution in [-0.4, -0.2) is 48.2 Å². The van der Waals surface area contributed by atoms with Gasteiger partial charge < -0.3 is 15.0 Å². The number of carbonyl (C=O) groups is 1.